The van der Waals surface area contributed by atoms with Crippen LogP contribution in [-0.2, 0) is 0 Å². The first-order chi connectivity index (χ1) is 5.91. The first-order valence-corrected chi connectivity index (χ1v) is 4.95. The Balaban J connectivity index is 4.37. The number of halogens is 1. The molecule has 0 rings (SSSR count). The second-order valence-electron chi connectivity index (χ2n) is 4.30. The van der Waals surface area contributed by atoms with Gasteiger partial charge in [0, 0.05) is 0 Å². The molecule has 0 atom stereocenters. The summed E-state index contributed by atoms with van der Waals surface area (Å²) < 4.78 is 12.5. The van der Waals surface area contributed by atoms with Crippen LogP contribution in [0.5, 0.6) is 0 Å². The van der Waals surface area contributed by atoms with E-state index in [1.165, 1.54) is 0 Å². The molecular formula is C12H21F. The van der Waals surface area contributed by atoms with Crippen molar-refractivity contribution in [2.24, 2.45) is 5.41 Å². The molecule has 0 aromatic rings. The lowest BCUT2D eigenvalue weighted by atomic mass is 9.82. The van der Waals surface area contributed by atoms with Gasteiger partial charge in [-0.3, -0.25) is 0 Å². The first-order valence-electron chi connectivity index (χ1n) is 4.95. The largest absolute Gasteiger partial charge is 0.208 e. The van der Waals surface area contributed by atoms with Crippen molar-refractivity contribution in [3.05, 3.63) is 24.1 Å². The van der Waals surface area contributed by atoms with Crippen LogP contribution in [0, 0.1) is 5.41 Å². The summed E-state index contributed by atoms with van der Waals surface area (Å²) in [6.07, 6.45) is 4.55. The summed E-state index contributed by atoms with van der Waals surface area (Å²) in [5.41, 5.74) is 1.43. The van der Waals surface area contributed by atoms with Crippen molar-refractivity contribution in [1.82, 2.24) is 0 Å². The molecule has 0 heterocycles. The van der Waals surface area contributed by atoms with Gasteiger partial charge in [0.15, 0.2) is 0 Å². The quantitative estimate of drug-likeness (QED) is 0.546. The summed E-state index contributed by atoms with van der Waals surface area (Å²) in [6, 6.07) is 0. The third-order valence-corrected chi connectivity index (χ3v) is 2.48. The number of rotatable bonds is 5. The fraction of sp³-hybridized carbons (Fsp3) is 0.667. The summed E-state index contributed by atoms with van der Waals surface area (Å²) >= 11 is 0. The molecule has 0 spiro atoms. The smallest absolute Gasteiger partial charge is 0.116 e. The highest BCUT2D eigenvalue weighted by Crippen LogP contribution is 2.30. The molecule has 0 fully saturated rings. The number of allylic oxidation sites excluding steroid dienone is 3. The minimum atomic E-state index is -0.330. The Labute approximate surface area is 81.5 Å². The molecule has 0 N–H and O–H groups in total. The average molecular weight is 184 g/mol. The van der Waals surface area contributed by atoms with E-state index in [9.17, 15) is 4.39 Å². The Hall–Kier alpha value is -0.590. The molecule has 76 valence electrons. The highest BCUT2D eigenvalue weighted by atomic mass is 19.1. The molecular weight excluding hydrogens is 163 g/mol. The Morgan fingerprint density at radius 2 is 1.92 bits per heavy atom. The summed E-state index contributed by atoms with van der Waals surface area (Å²) in [5.74, 6) is -0.330. The molecule has 1 heteroatoms. The van der Waals surface area contributed by atoms with Crippen molar-refractivity contribution in [2.75, 3.05) is 0 Å². The molecule has 13 heavy (non-hydrogen) atoms. The van der Waals surface area contributed by atoms with E-state index >= 15 is 0 Å². The van der Waals surface area contributed by atoms with Crippen LogP contribution in [0.4, 0.5) is 4.39 Å². The van der Waals surface area contributed by atoms with Crippen molar-refractivity contribution in [3.8, 4) is 0 Å². The maximum Gasteiger partial charge on any atom is 0.116 e. The summed E-state index contributed by atoms with van der Waals surface area (Å²) in [6.45, 7) is 11.9. The van der Waals surface area contributed by atoms with Crippen LogP contribution < -0.4 is 0 Å². The molecule has 0 nitrogen and oxygen atoms in total. The van der Waals surface area contributed by atoms with E-state index in [0.29, 0.717) is 0 Å². The third kappa shape index (κ3) is 5.62. The van der Waals surface area contributed by atoms with E-state index in [2.05, 4.69) is 34.3 Å². The van der Waals surface area contributed by atoms with Crippen molar-refractivity contribution in [1.29, 1.82) is 0 Å². The Morgan fingerprint density at radius 1 is 1.38 bits per heavy atom. The Morgan fingerprint density at radius 3 is 2.23 bits per heavy atom. The lowest BCUT2D eigenvalue weighted by Gasteiger charge is -2.23. The standard InChI is InChI=1S/C12H21F/c1-6-11(8-10(3)13)9-12(4,5)7-2/h8H,3,6-7,9H2,1-2,4-5H3/b11-8+. The highest BCUT2D eigenvalue weighted by molar-refractivity contribution is 5.16. The molecule has 0 aliphatic carbocycles. The van der Waals surface area contributed by atoms with Gasteiger partial charge in [-0.2, -0.15) is 0 Å². The monoisotopic (exact) mass is 184 g/mol. The van der Waals surface area contributed by atoms with Gasteiger partial charge in [0.2, 0.25) is 0 Å². The van der Waals surface area contributed by atoms with Gasteiger partial charge in [-0.05, 0) is 24.3 Å². The normalized spacial score (nSPS) is 13.2. The van der Waals surface area contributed by atoms with Crippen LogP contribution in [0.2, 0.25) is 0 Å². The molecule has 0 bridgehead atoms. The second kappa shape index (κ2) is 5.21. The van der Waals surface area contributed by atoms with E-state index in [1.54, 1.807) is 6.08 Å². The molecule has 0 amide bonds. The van der Waals surface area contributed by atoms with Crippen LogP contribution in [0.1, 0.15) is 47.0 Å². The minimum absolute atomic E-state index is 0.275. The van der Waals surface area contributed by atoms with Gasteiger partial charge in [0.1, 0.15) is 5.83 Å². The van der Waals surface area contributed by atoms with Gasteiger partial charge in [-0.15, -0.1) is 0 Å². The second-order valence-corrected chi connectivity index (χ2v) is 4.30. The van der Waals surface area contributed by atoms with Gasteiger partial charge in [0.05, 0.1) is 0 Å². The molecule has 0 aliphatic rings. The summed E-state index contributed by atoms with van der Waals surface area (Å²) in [4.78, 5) is 0. The molecule has 0 aromatic heterocycles. The van der Waals surface area contributed by atoms with Crippen LogP contribution >= 0.6 is 0 Å². The zero-order valence-electron chi connectivity index (χ0n) is 9.28. The minimum Gasteiger partial charge on any atom is -0.208 e. The Kier molecular flexibility index (Phi) is 4.97. The van der Waals surface area contributed by atoms with Crippen LogP contribution in [0.25, 0.3) is 0 Å². The molecule has 0 aliphatic heterocycles. The van der Waals surface area contributed by atoms with Crippen molar-refractivity contribution in [3.63, 3.8) is 0 Å². The van der Waals surface area contributed by atoms with Crippen molar-refractivity contribution in [2.45, 2.75) is 47.0 Å². The Bertz CT molecular complexity index is 199. The van der Waals surface area contributed by atoms with E-state index < -0.39 is 0 Å². The summed E-state index contributed by atoms with van der Waals surface area (Å²) in [7, 11) is 0. The van der Waals surface area contributed by atoms with Gasteiger partial charge >= 0.3 is 0 Å². The van der Waals surface area contributed by atoms with Gasteiger partial charge < -0.3 is 0 Å². The zero-order valence-corrected chi connectivity index (χ0v) is 9.28. The number of hydrogen-bond donors (Lipinski definition) is 0. The molecule has 0 saturated carbocycles. The fourth-order valence-electron chi connectivity index (χ4n) is 1.24. The zero-order chi connectivity index (χ0) is 10.5. The van der Waals surface area contributed by atoms with Gasteiger partial charge in [-0.1, -0.05) is 46.3 Å². The predicted molar refractivity (Wildman–Crippen MR) is 57.3 cm³/mol. The fourth-order valence-corrected chi connectivity index (χ4v) is 1.24. The highest BCUT2D eigenvalue weighted by Gasteiger charge is 2.16. The maximum atomic E-state index is 12.5. The van der Waals surface area contributed by atoms with Crippen LogP contribution in [0.15, 0.2) is 24.1 Å². The van der Waals surface area contributed by atoms with Gasteiger partial charge in [-0.25, -0.2) is 4.39 Å². The van der Waals surface area contributed by atoms with Crippen molar-refractivity contribution < 1.29 is 4.39 Å². The topological polar surface area (TPSA) is 0 Å². The van der Waals surface area contributed by atoms with Crippen LogP contribution in [0.3, 0.4) is 0 Å². The van der Waals surface area contributed by atoms with Crippen LogP contribution in [-0.4, -0.2) is 0 Å². The van der Waals surface area contributed by atoms with E-state index in [1.807, 2.05) is 0 Å². The van der Waals surface area contributed by atoms with Gasteiger partial charge in [0.25, 0.3) is 0 Å². The van der Waals surface area contributed by atoms with E-state index in [0.717, 1.165) is 24.8 Å². The molecule has 0 unspecified atom stereocenters. The predicted octanol–water partition coefficient (Wildman–Crippen LogP) is 4.63. The number of hydrogen-bond acceptors (Lipinski definition) is 0. The van der Waals surface area contributed by atoms with Crippen molar-refractivity contribution >= 4 is 0 Å². The first kappa shape index (κ1) is 12.4. The average Bonchev–Trinajstić information content (AvgIpc) is 2.02. The molecule has 0 aromatic carbocycles. The molecule has 0 saturated heterocycles. The molecule has 0 radical (unpaired) electrons. The lowest BCUT2D eigenvalue weighted by Crippen LogP contribution is -2.10. The summed E-state index contributed by atoms with van der Waals surface area (Å²) in [5, 5.41) is 0. The van der Waals surface area contributed by atoms with E-state index in [-0.39, 0.29) is 11.2 Å². The SMILES string of the molecule is C=C(F)/C=C(\CC)CC(C)(C)CC. The maximum absolute atomic E-state index is 12.5. The third-order valence-electron chi connectivity index (χ3n) is 2.48. The lowest BCUT2D eigenvalue weighted by molar-refractivity contribution is 0.345. The van der Waals surface area contributed by atoms with E-state index in [4.69, 9.17) is 0 Å².